The van der Waals surface area contributed by atoms with Crippen molar-refractivity contribution in [3.05, 3.63) is 27.7 Å². The number of rotatable bonds is 2. The van der Waals surface area contributed by atoms with Crippen molar-refractivity contribution in [2.75, 3.05) is 24.5 Å². The average Bonchev–Trinajstić information content (AvgIpc) is 2.92. The van der Waals surface area contributed by atoms with Crippen LogP contribution in [0, 0.1) is 0 Å². The molecule has 1 fully saturated rings. The van der Waals surface area contributed by atoms with E-state index in [1.807, 2.05) is 18.2 Å². The van der Waals surface area contributed by atoms with Crippen LogP contribution in [0.4, 0.5) is 5.95 Å². The van der Waals surface area contributed by atoms with Crippen LogP contribution in [0.15, 0.2) is 22.7 Å². The second-order valence-electron chi connectivity index (χ2n) is 4.91. The summed E-state index contributed by atoms with van der Waals surface area (Å²) in [5.41, 5.74) is 0.931. The van der Waals surface area contributed by atoms with Crippen LogP contribution in [-0.4, -0.2) is 40.9 Å². The number of H-pyrrole nitrogens is 1. The number of nitrogens with zero attached hydrogens (tertiary/aromatic N) is 3. The quantitative estimate of drug-likeness (QED) is 0.868. The maximum Gasteiger partial charge on any atom is 0.245 e. The molecule has 2 aromatic rings. The lowest BCUT2D eigenvalue weighted by Crippen LogP contribution is -2.49. The van der Waals surface area contributed by atoms with Gasteiger partial charge in [0.2, 0.25) is 5.95 Å². The molecule has 0 bridgehead atoms. The molecule has 0 aliphatic carbocycles. The zero-order chi connectivity index (χ0) is 14.1. The first-order valence-electron chi connectivity index (χ1n) is 6.49. The molecular weight excluding hydrogens is 342 g/mol. The van der Waals surface area contributed by atoms with Crippen LogP contribution in [0.1, 0.15) is 6.92 Å². The third-order valence-corrected chi connectivity index (χ3v) is 4.55. The third kappa shape index (κ3) is 2.82. The SMILES string of the molecule is C[C@@H]1CN(c2n[nH]c(-c3ccc(Br)c(Cl)c3)n2)CCN1. The molecule has 0 radical (unpaired) electrons. The molecule has 1 aromatic heterocycles. The van der Waals surface area contributed by atoms with Gasteiger partial charge < -0.3 is 10.2 Å². The summed E-state index contributed by atoms with van der Waals surface area (Å²) in [5.74, 6) is 1.48. The Morgan fingerprint density at radius 1 is 1.45 bits per heavy atom. The van der Waals surface area contributed by atoms with E-state index in [2.05, 4.69) is 48.3 Å². The predicted molar refractivity (Wildman–Crippen MR) is 84.2 cm³/mol. The van der Waals surface area contributed by atoms with E-state index in [0.717, 1.165) is 41.4 Å². The van der Waals surface area contributed by atoms with E-state index in [4.69, 9.17) is 11.6 Å². The predicted octanol–water partition coefficient (Wildman–Crippen LogP) is 2.69. The Kier molecular flexibility index (Phi) is 3.96. The summed E-state index contributed by atoms with van der Waals surface area (Å²) in [6.07, 6.45) is 0. The fraction of sp³-hybridized carbons (Fsp3) is 0.385. The van der Waals surface area contributed by atoms with E-state index < -0.39 is 0 Å². The molecule has 3 rings (SSSR count). The van der Waals surface area contributed by atoms with Crippen LogP contribution < -0.4 is 10.2 Å². The van der Waals surface area contributed by atoms with E-state index in [1.165, 1.54) is 0 Å². The second kappa shape index (κ2) is 5.71. The molecule has 0 unspecified atom stereocenters. The van der Waals surface area contributed by atoms with Gasteiger partial charge in [-0.25, -0.2) is 0 Å². The Bertz CT molecular complexity index is 615. The summed E-state index contributed by atoms with van der Waals surface area (Å²) in [4.78, 5) is 6.75. The number of hydrogen-bond acceptors (Lipinski definition) is 4. The molecule has 106 valence electrons. The fourth-order valence-electron chi connectivity index (χ4n) is 2.28. The number of aromatic nitrogens is 3. The van der Waals surface area contributed by atoms with Gasteiger partial charge in [-0.2, -0.15) is 4.98 Å². The number of aromatic amines is 1. The Labute approximate surface area is 130 Å². The molecular formula is C13H15BrClN5. The third-order valence-electron chi connectivity index (χ3n) is 3.32. The van der Waals surface area contributed by atoms with E-state index in [1.54, 1.807) is 0 Å². The van der Waals surface area contributed by atoms with Crippen molar-refractivity contribution in [2.45, 2.75) is 13.0 Å². The number of hydrogen-bond donors (Lipinski definition) is 2. The van der Waals surface area contributed by atoms with E-state index in [-0.39, 0.29) is 0 Å². The van der Waals surface area contributed by atoms with Gasteiger partial charge in [-0.3, -0.25) is 5.10 Å². The van der Waals surface area contributed by atoms with Crippen LogP contribution in [0.5, 0.6) is 0 Å². The minimum Gasteiger partial charge on any atom is -0.337 e. The number of halogens is 2. The van der Waals surface area contributed by atoms with Crippen LogP contribution in [-0.2, 0) is 0 Å². The molecule has 20 heavy (non-hydrogen) atoms. The minimum absolute atomic E-state index is 0.452. The van der Waals surface area contributed by atoms with Gasteiger partial charge in [0.25, 0.3) is 0 Å². The molecule has 1 saturated heterocycles. The van der Waals surface area contributed by atoms with Crippen LogP contribution >= 0.6 is 27.5 Å². The Morgan fingerprint density at radius 3 is 3.05 bits per heavy atom. The second-order valence-corrected chi connectivity index (χ2v) is 6.18. The van der Waals surface area contributed by atoms with E-state index in [9.17, 15) is 0 Å². The first kappa shape index (κ1) is 13.9. The number of anilines is 1. The molecule has 0 spiro atoms. The fourth-order valence-corrected chi connectivity index (χ4v) is 2.71. The van der Waals surface area contributed by atoms with Crippen LogP contribution in [0.25, 0.3) is 11.4 Å². The van der Waals surface area contributed by atoms with Gasteiger partial charge >= 0.3 is 0 Å². The minimum atomic E-state index is 0.452. The molecule has 7 heteroatoms. The molecule has 0 amide bonds. The highest BCUT2D eigenvalue weighted by Crippen LogP contribution is 2.27. The zero-order valence-corrected chi connectivity index (χ0v) is 13.4. The lowest BCUT2D eigenvalue weighted by molar-refractivity contribution is 0.480. The first-order valence-corrected chi connectivity index (χ1v) is 7.67. The van der Waals surface area contributed by atoms with E-state index >= 15 is 0 Å². The zero-order valence-electron chi connectivity index (χ0n) is 11.0. The highest BCUT2D eigenvalue weighted by Gasteiger charge is 2.19. The number of piperazine rings is 1. The van der Waals surface area contributed by atoms with Crippen molar-refractivity contribution in [3.8, 4) is 11.4 Å². The summed E-state index contributed by atoms with van der Waals surface area (Å²) in [5, 5.41) is 11.4. The van der Waals surface area contributed by atoms with Gasteiger partial charge in [0.15, 0.2) is 5.82 Å². The molecule has 1 atom stereocenters. The molecule has 1 aromatic carbocycles. The number of benzene rings is 1. The van der Waals surface area contributed by atoms with Crippen LogP contribution in [0.3, 0.4) is 0 Å². The lowest BCUT2D eigenvalue weighted by Gasteiger charge is -2.30. The van der Waals surface area contributed by atoms with Crippen LogP contribution in [0.2, 0.25) is 5.02 Å². The maximum absolute atomic E-state index is 6.11. The van der Waals surface area contributed by atoms with Crippen molar-refractivity contribution in [2.24, 2.45) is 0 Å². The van der Waals surface area contributed by atoms with Crippen molar-refractivity contribution in [1.29, 1.82) is 0 Å². The highest BCUT2D eigenvalue weighted by atomic mass is 79.9. The summed E-state index contributed by atoms with van der Waals surface area (Å²) in [6, 6.07) is 6.19. The summed E-state index contributed by atoms with van der Waals surface area (Å²) in [6.45, 7) is 4.95. The summed E-state index contributed by atoms with van der Waals surface area (Å²) >= 11 is 9.49. The normalized spacial score (nSPS) is 19.4. The highest BCUT2D eigenvalue weighted by molar-refractivity contribution is 9.10. The number of nitrogens with one attached hydrogen (secondary N) is 2. The summed E-state index contributed by atoms with van der Waals surface area (Å²) < 4.78 is 0.874. The molecule has 5 nitrogen and oxygen atoms in total. The van der Waals surface area contributed by atoms with Crippen molar-refractivity contribution >= 4 is 33.5 Å². The smallest absolute Gasteiger partial charge is 0.245 e. The van der Waals surface area contributed by atoms with Gasteiger partial charge in [-0.05, 0) is 41.1 Å². The standard InChI is InChI=1S/C13H15BrClN5/c1-8-7-20(5-4-16-8)13-17-12(18-19-13)9-2-3-10(14)11(15)6-9/h2-3,6,8,16H,4-5,7H2,1H3,(H,17,18,19)/t8-/m1/s1. The van der Waals surface area contributed by atoms with Crippen molar-refractivity contribution < 1.29 is 0 Å². The Balaban J connectivity index is 1.84. The Hall–Kier alpha value is -1.11. The largest absolute Gasteiger partial charge is 0.337 e. The molecule has 2 N–H and O–H groups in total. The van der Waals surface area contributed by atoms with Gasteiger partial charge in [0.1, 0.15) is 0 Å². The topological polar surface area (TPSA) is 56.8 Å². The summed E-state index contributed by atoms with van der Waals surface area (Å²) in [7, 11) is 0. The average molecular weight is 357 g/mol. The van der Waals surface area contributed by atoms with Crippen molar-refractivity contribution in [1.82, 2.24) is 20.5 Å². The molecule has 0 saturated carbocycles. The first-order chi connectivity index (χ1) is 9.63. The monoisotopic (exact) mass is 355 g/mol. The molecule has 1 aliphatic rings. The maximum atomic E-state index is 6.11. The molecule has 2 heterocycles. The van der Waals surface area contributed by atoms with Gasteiger partial charge in [-0.1, -0.05) is 11.6 Å². The lowest BCUT2D eigenvalue weighted by atomic mass is 10.2. The Morgan fingerprint density at radius 2 is 2.30 bits per heavy atom. The van der Waals surface area contributed by atoms with E-state index in [0.29, 0.717) is 11.1 Å². The van der Waals surface area contributed by atoms with Gasteiger partial charge in [-0.15, -0.1) is 5.10 Å². The van der Waals surface area contributed by atoms with Crippen molar-refractivity contribution in [3.63, 3.8) is 0 Å². The van der Waals surface area contributed by atoms with Gasteiger partial charge in [0.05, 0.1) is 5.02 Å². The van der Waals surface area contributed by atoms with Gasteiger partial charge in [0, 0.05) is 35.7 Å². The molecule has 1 aliphatic heterocycles.